The Bertz CT molecular complexity index is 1480. The number of amides is 1. The lowest BCUT2D eigenvalue weighted by Gasteiger charge is -2.26. The number of para-hydroxylation sites is 1. The molecule has 3 aromatic carbocycles. The van der Waals surface area contributed by atoms with Gasteiger partial charge in [-0.1, -0.05) is 52.3 Å². The summed E-state index contributed by atoms with van der Waals surface area (Å²) < 4.78 is 2.28. The van der Waals surface area contributed by atoms with E-state index >= 15 is 0 Å². The third-order valence-electron chi connectivity index (χ3n) is 8.74. The quantitative estimate of drug-likeness (QED) is 0.141. The molecule has 4 aromatic rings. The van der Waals surface area contributed by atoms with Crippen molar-refractivity contribution in [1.82, 2.24) is 19.4 Å². The van der Waals surface area contributed by atoms with Crippen molar-refractivity contribution in [2.24, 2.45) is 11.8 Å². The molecule has 0 spiro atoms. The first kappa shape index (κ1) is 32.6. The highest BCUT2D eigenvalue weighted by atomic mass is 16.2. The van der Waals surface area contributed by atoms with E-state index in [0.717, 1.165) is 85.0 Å². The van der Waals surface area contributed by atoms with Crippen LogP contribution in [0, 0.1) is 11.8 Å². The van der Waals surface area contributed by atoms with Gasteiger partial charge in [-0.25, -0.2) is 4.98 Å². The van der Waals surface area contributed by atoms with Gasteiger partial charge in [0, 0.05) is 42.3 Å². The van der Waals surface area contributed by atoms with E-state index in [4.69, 9.17) is 4.98 Å². The molecule has 0 bridgehead atoms. The van der Waals surface area contributed by atoms with E-state index in [1.54, 1.807) is 0 Å². The van der Waals surface area contributed by atoms with Gasteiger partial charge in [-0.15, -0.1) is 0 Å². The molecule has 7 heteroatoms. The average molecular weight is 609 g/mol. The first-order valence-electron chi connectivity index (χ1n) is 17.1. The second kappa shape index (κ2) is 15.9. The number of nitrogens with zero attached hydrogens (tertiary/aromatic N) is 4. The molecule has 0 aliphatic carbocycles. The van der Waals surface area contributed by atoms with Gasteiger partial charge in [0.1, 0.15) is 0 Å². The van der Waals surface area contributed by atoms with E-state index in [1.165, 1.54) is 32.4 Å². The molecular formula is C38H52N6O. The number of aromatic nitrogens is 2. The molecule has 0 atom stereocenters. The normalized spacial score (nSPS) is 13.9. The highest BCUT2D eigenvalue weighted by Crippen LogP contribution is 2.27. The monoisotopic (exact) mass is 608 g/mol. The van der Waals surface area contributed by atoms with Crippen LogP contribution in [0.1, 0.15) is 76.6 Å². The highest BCUT2D eigenvalue weighted by molar-refractivity contribution is 5.98. The fourth-order valence-corrected chi connectivity index (χ4v) is 5.99. The largest absolute Gasteiger partial charge is 0.356 e. The molecule has 0 unspecified atom stereocenters. The van der Waals surface area contributed by atoms with Crippen molar-refractivity contribution in [3.63, 3.8) is 0 Å². The Morgan fingerprint density at radius 3 is 2.04 bits per heavy atom. The van der Waals surface area contributed by atoms with Crippen molar-refractivity contribution in [2.45, 2.75) is 72.8 Å². The van der Waals surface area contributed by atoms with Crippen LogP contribution in [-0.2, 0) is 6.54 Å². The minimum absolute atomic E-state index is 0.121. The van der Waals surface area contributed by atoms with E-state index in [0.29, 0.717) is 11.8 Å². The Kier molecular flexibility index (Phi) is 11.5. The predicted octanol–water partition coefficient (Wildman–Crippen LogP) is 8.93. The van der Waals surface area contributed by atoms with Crippen molar-refractivity contribution >= 4 is 40.0 Å². The number of carbonyl (C=O) groups excluding carboxylic acids is 1. The number of anilines is 4. The van der Waals surface area contributed by atoms with Gasteiger partial charge in [0.2, 0.25) is 5.95 Å². The van der Waals surface area contributed by atoms with E-state index < -0.39 is 0 Å². The maximum atomic E-state index is 13.9. The third-order valence-corrected chi connectivity index (χ3v) is 8.74. The number of carbonyl (C=O) groups is 1. The van der Waals surface area contributed by atoms with E-state index in [1.807, 2.05) is 30.3 Å². The Hall–Kier alpha value is -3.84. The fourth-order valence-electron chi connectivity index (χ4n) is 5.99. The van der Waals surface area contributed by atoms with Crippen LogP contribution < -0.4 is 10.6 Å². The van der Waals surface area contributed by atoms with Gasteiger partial charge in [0.15, 0.2) is 0 Å². The highest BCUT2D eigenvalue weighted by Gasteiger charge is 2.20. The summed E-state index contributed by atoms with van der Waals surface area (Å²) in [5.41, 5.74) is 5.74. The molecule has 2 N–H and O–H groups in total. The number of benzene rings is 3. The molecule has 5 rings (SSSR count). The molecule has 1 amide bonds. The van der Waals surface area contributed by atoms with Crippen molar-refractivity contribution in [3.05, 3.63) is 78.4 Å². The number of rotatable bonds is 15. The second-order valence-electron chi connectivity index (χ2n) is 13.4. The van der Waals surface area contributed by atoms with Crippen molar-refractivity contribution in [2.75, 3.05) is 43.4 Å². The second-order valence-corrected chi connectivity index (χ2v) is 13.4. The predicted molar refractivity (Wildman–Crippen MR) is 189 cm³/mol. The lowest BCUT2D eigenvalue weighted by molar-refractivity contribution is 0.0741. The van der Waals surface area contributed by atoms with Gasteiger partial charge in [-0.2, -0.15) is 0 Å². The molecule has 1 fully saturated rings. The van der Waals surface area contributed by atoms with Crippen LogP contribution in [0.15, 0.2) is 72.8 Å². The van der Waals surface area contributed by atoms with E-state index in [-0.39, 0.29) is 5.91 Å². The molecule has 240 valence electrons. The summed E-state index contributed by atoms with van der Waals surface area (Å²) in [5.74, 6) is 2.05. The van der Waals surface area contributed by atoms with Gasteiger partial charge < -0.3 is 25.0 Å². The molecular weight excluding hydrogens is 556 g/mol. The number of aryl methyl sites for hydroxylation is 1. The van der Waals surface area contributed by atoms with Crippen molar-refractivity contribution in [3.8, 4) is 0 Å². The maximum absolute atomic E-state index is 13.9. The molecule has 1 aliphatic rings. The van der Waals surface area contributed by atoms with Crippen LogP contribution in [0.2, 0.25) is 0 Å². The minimum atomic E-state index is 0.121. The van der Waals surface area contributed by atoms with Gasteiger partial charge in [-0.3, -0.25) is 4.79 Å². The molecule has 0 saturated carbocycles. The Morgan fingerprint density at radius 2 is 1.40 bits per heavy atom. The summed E-state index contributed by atoms with van der Waals surface area (Å²) in [6.45, 7) is 14.8. The fraction of sp³-hybridized carbons (Fsp3) is 0.474. The Balaban J connectivity index is 1.38. The van der Waals surface area contributed by atoms with Crippen LogP contribution in [-0.4, -0.2) is 58.0 Å². The third kappa shape index (κ3) is 9.33. The number of piperidine rings is 1. The zero-order valence-electron chi connectivity index (χ0n) is 27.8. The standard InChI is InChI=1S/C38H52N6O/c1-29(2)20-26-43(27-21-30(3)4)37(45)31-14-19-35-36(28-31)44(25-11-24-42-22-9-6-10-23-42)38(41-35)40-34-17-15-33(16-18-34)39-32-12-7-5-8-13-32/h5,7-8,12-19,28-30,39H,6,9-11,20-27H2,1-4H3,(H,40,41). The number of hydrogen-bond acceptors (Lipinski definition) is 5. The first-order valence-corrected chi connectivity index (χ1v) is 17.1. The Morgan fingerprint density at radius 1 is 0.778 bits per heavy atom. The molecule has 45 heavy (non-hydrogen) atoms. The smallest absolute Gasteiger partial charge is 0.253 e. The average Bonchev–Trinajstić information content (AvgIpc) is 3.38. The molecule has 7 nitrogen and oxygen atoms in total. The van der Waals surface area contributed by atoms with Gasteiger partial charge in [0.25, 0.3) is 5.91 Å². The first-order chi connectivity index (χ1) is 21.9. The molecule has 1 saturated heterocycles. The summed E-state index contributed by atoms with van der Waals surface area (Å²) >= 11 is 0. The molecule has 1 aromatic heterocycles. The molecule has 1 aliphatic heterocycles. The van der Waals surface area contributed by atoms with Crippen molar-refractivity contribution in [1.29, 1.82) is 0 Å². The van der Waals surface area contributed by atoms with Gasteiger partial charge in [-0.05, 0) is 118 Å². The van der Waals surface area contributed by atoms with Crippen molar-refractivity contribution < 1.29 is 4.79 Å². The Labute approximate surface area is 270 Å². The van der Waals surface area contributed by atoms with Crippen LogP contribution in [0.5, 0.6) is 0 Å². The molecule has 0 radical (unpaired) electrons. The minimum Gasteiger partial charge on any atom is -0.356 e. The number of nitrogens with one attached hydrogen (secondary N) is 2. The zero-order chi connectivity index (χ0) is 31.6. The summed E-state index contributed by atoms with van der Waals surface area (Å²) in [6, 6.07) is 24.6. The van der Waals surface area contributed by atoms with Crippen LogP contribution >= 0.6 is 0 Å². The summed E-state index contributed by atoms with van der Waals surface area (Å²) in [7, 11) is 0. The zero-order valence-corrected chi connectivity index (χ0v) is 27.8. The van der Waals surface area contributed by atoms with Crippen LogP contribution in [0.25, 0.3) is 11.0 Å². The lowest BCUT2D eigenvalue weighted by atomic mass is 10.1. The lowest BCUT2D eigenvalue weighted by Crippen LogP contribution is -2.34. The van der Waals surface area contributed by atoms with Gasteiger partial charge in [0.05, 0.1) is 11.0 Å². The maximum Gasteiger partial charge on any atom is 0.253 e. The molecule has 2 heterocycles. The summed E-state index contributed by atoms with van der Waals surface area (Å²) in [5, 5.41) is 7.05. The number of likely N-dealkylation sites (tertiary alicyclic amines) is 1. The number of fused-ring (bicyclic) bond motifs is 1. The number of hydrogen-bond donors (Lipinski definition) is 2. The SMILES string of the molecule is CC(C)CCN(CCC(C)C)C(=O)c1ccc2nc(Nc3ccc(Nc4ccccc4)cc3)n(CCCN3CCCCC3)c2c1. The van der Waals surface area contributed by atoms with Gasteiger partial charge >= 0.3 is 0 Å². The summed E-state index contributed by atoms with van der Waals surface area (Å²) in [4.78, 5) is 23.5. The number of imidazole rings is 1. The van der Waals surface area contributed by atoms with Crippen LogP contribution in [0.4, 0.5) is 23.0 Å². The van der Waals surface area contributed by atoms with Crippen LogP contribution in [0.3, 0.4) is 0 Å². The topological polar surface area (TPSA) is 65.4 Å². The van der Waals surface area contributed by atoms with E-state index in [2.05, 4.69) is 95.2 Å². The van der Waals surface area contributed by atoms with E-state index in [9.17, 15) is 4.79 Å². The summed E-state index contributed by atoms with van der Waals surface area (Å²) in [6.07, 6.45) is 6.99.